The van der Waals surface area contributed by atoms with Gasteiger partial charge in [0.25, 0.3) is 11.8 Å². The molecule has 2 saturated heterocycles. The van der Waals surface area contributed by atoms with Gasteiger partial charge in [-0.3, -0.25) is 34.3 Å². The first-order chi connectivity index (χ1) is 14.3. The molecule has 3 aliphatic rings. The quantitative estimate of drug-likeness (QED) is 0.733. The van der Waals surface area contributed by atoms with Gasteiger partial charge >= 0.3 is 0 Å². The maximum atomic E-state index is 13.0. The van der Waals surface area contributed by atoms with Crippen LogP contribution in [0.4, 0.5) is 5.69 Å². The molecule has 8 heteroatoms. The van der Waals surface area contributed by atoms with E-state index in [9.17, 15) is 19.2 Å². The molecule has 0 spiro atoms. The van der Waals surface area contributed by atoms with Gasteiger partial charge in [-0.25, -0.2) is 0 Å². The first kappa shape index (κ1) is 20.5. The molecule has 0 aliphatic carbocycles. The van der Waals surface area contributed by atoms with Crippen molar-refractivity contribution in [3.63, 3.8) is 0 Å². The summed E-state index contributed by atoms with van der Waals surface area (Å²) in [4.78, 5) is 55.1. The number of piperazine rings is 1. The van der Waals surface area contributed by atoms with Gasteiger partial charge < -0.3 is 4.90 Å². The van der Waals surface area contributed by atoms with E-state index < -0.39 is 23.8 Å². The predicted molar refractivity (Wildman–Crippen MR) is 111 cm³/mol. The van der Waals surface area contributed by atoms with Gasteiger partial charge in [-0.05, 0) is 43.5 Å². The number of fused-ring (bicyclic) bond motifs is 1. The van der Waals surface area contributed by atoms with Gasteiger partial charge in [-0.1, -0.05) is 13.8 Å². The van der Waals surface area contributed by atoms with E-state index in [1.165, 1.54) is 6.42 Å². The van der Waals surface area contributed by atoms with Crippen LogP contribution in [0.1, 0.15) is 53.8 Å². The highest BCUT2D eigenvalue weighted by molar-refractivity contribution is 6.23. The SMILES string of the molecule is CC(C)CCN1CCN(c2ccc3c(c2)C(=O)N(C2CCC(=O)NC2=O)C3=O)CC1. The highest BCUT2D eigenvalue weighted by atomic mass is 16.2. The Morgan fingerprint density at radius 3 is 2.37 bits per heavy atom. The molecule has 2 fully saturated rings. The van der Waals surface area contributed by atoms with E-state index >= 15 is 0 Å². The van der Waals surface area contributed by atoms with Crippen LogP contribution in [-0.2, 0) is 9.59 Å². The van der Waals surface area contributed by atoms with Crippen molar-refractivity contribution in [2.45, 2.75) is 39.2 Å². The van der Waals surface area contributed by atoms with Crippen molar-refractivity contribution in [3.05, 3.63) is 29.3 Å². The van der Waals surface area contributed by atoms with Crippen molar-refractivity contribution in [1.29, 1.82) is 0 Å². The summed E-state index contributed by atoms with van der Waals surface area (Å²) < 4.78 is 0. The van der Waals surface area contributed by atoms with Crippen molar-refractivity contribution in [3.8, 4) is 0 Å². The zero-order chi connectivity index (χ0) is 21.4. The molecular formula is C22H28N4O4. The molecule has 3 aliphatic heterocycles. The smallest absolute Gasteiger partial charge is 0.262 e. The van der Waals surface area contributed by atoms with E-state index in [1.54, 1.807) is 12.1 Å². The van der Waals surface area contributed by atoms with E-state index in [1.807, 2.05) is 6.07 Å². The maximum absolute atomic E-state index is 13.0. The second-order valence-electron chi connectivity index (χ2n) is 8.69. The molecule has 8 nitrogen and oxygen atoms in total. The fraction of sp³-hybridized carbons (Fsp3) is 0.545. The molecule has 4 amide bonds. The lowest BCUT2D eigenvalue weighted by Gasteiger charge is -2.36. The minimum absolute atomic E-state index is 0.121. The van der Waals surface area contributed by atoms with Crippen LogP contribution in [0.2, 0.25) is 0 Å². The van der Waals surface area contributed by atoms with Crippen LogP contribution in [0, 0.1) is 5.92 Å². The van der Waals surface area contributed by atoms with Crippen molar-refractivity contribution in [2.24, 2.45) is 5.92 Å². The van der Waals surface area contributed by atoms with Crippen molar-refractivity contribution < 1.29 is 19.2 Å². The molecule has 1 unspecified atom stereocenters. The fourth-order valence-electron chi connectivity index (χ4n) is 4.33. The normalized spacial score (nSPS) is 22.7. The highest BCUT2D eigenvalue weighted by Gasteiger charge is 2.44. The summed E-state index contributed by atoms with van der Waals surface area (Å²) in [5, 5.41) is 2.22. The number of hydrogen-bond donors (Lipinski definition) is 1. The summed E-state index contributed by atoms with van der Waals surface area (Å²) in [5.74, 6) is -1.19. The molecular weight excluding hydrogens is 384 g/mol. The Morgan fingerprint density at radius 1 is 1.00 bits per heavy atom. The van der Waals surface area contributed by atoms with Gasteiger partial charge in [-0.2, -0.15) is 0 Å². The molecule has 1 aromatic rings. The number of amides is 4. The summed E-state index contributed by atoms with van der Waals surface area (Å²) in [5.41, 5.74) is 1.58. The Morgan fingerprint density at radius 2 is 1.70 bits per heavy atom. The van der Waals surface area contributed by atoms with Crippen LogP contribution in [0.3, 0.4) is 0 Å². The molecule has 3 heterocycles. The topological polar surface area (TPSA) is 90.0 Å². The zero-order valence-electron chi connectivity index (χ0n) is 17.5. The van der Waals surface area contributed by atoms with E-state index in [4.69, 9.17) is 0 Å². The third kappa shape index (κ3) is 3.84. The molecule has 30 heavy (non-hydrogen) atoms. The lowest BCUT2D eigenvalue weighted by atomic mass is 10.0. The van der Waals surface area contributed by atoms with Gasteiger partial charge in [0.15, 0.2) is 0 Å². The van der Waals surface area contributed by atoms with Crippen LogP contribution < -0.4 is 10.2 Å². The number of carbonyl (C=O) groups excluding carboxylic acids is 4. The summed E-state index contributed by atoms with van der Waals surface area (Å²) in [6.45, 7) is 9.25. The summed E-state index contributed by atoms with van der Waals surface area (Å²) in [6.07, 6.45) is 1.48. The Hall–Kier alpha value is -2.74. The summed E-state index contributed by atoms with van der Waals surface area (Å²) in [7, 11) is 0. The molecule has 0 bridgehead atoms. The molecule has 0 aromatic heterocycles. The Bertz CT molecular complexity index is 889. The second kappa shape index (κ2) is 8.18. The van der Waals surface area contributed by atoms with Crippen LogP contribution in [0.5, 0.6) is 0 Å². The first-order valence-corrected chi connectivity index (χ1v) is 10.7. The lowest BCUT2D eigenvalue weighted by Crippen LogP contribution is -2.54. The Balaban J connectivity index is 1.46. The average molecular weight is 412 g/mol. The van der Waals surface area contributed by atoms with Gasteiger partial charge in [-0.15, -0.1) is 0 Å². The lowest BCUT2D eigenvalue weighted by molar-refractivity contribution is -0.136. The van der Waals surface area contributed by atoms with E-state index in [0.717, 1.165) is 43.3 Å². The third-order valence-electron chi connectivity index (χ3n) is 6.18. The number of anilines is 1. The van der Waals surface area contributed by atoms with Crippen LogP contribution in [-0.4, -0.2) is 72.2 Å². The minimum atomic E-state index is -0.928. The van der Waals surface area contributed by atoms with E-state index in [-0.39, 0.29) is 18.7 Å². The Labute approximate surface area is 176 Å². The van der Waals surface area contributed by atoms with Gasteiger partial charge in [0.05, 0.1) is 11.1 Å². The van der Waals surface area contributed by atoms with Crippen molar-refractivity contribution >= 4 is 29.3 Å². The largest absolute Gasteiger partial charge is 0.369 e. The standard InChI is InChI=1S/C22H28N4O4/c1-14(2)7-8-24-9-11-25(12-10-24)15-3-4-16-17(13-15)22(30)26(21(16)29)18-5-6-19(27)23-20(18)28/h3-4,13-14,18H,5-12H2,1-2H3,(H,23,27,28). The third-order valence-corrected chi connectivity index (χ3v) is 6.18. The number of benzene rings is 1. The number of imide groups is 2. The number of carbonyl (C=O) groups is 4. The number of rotatable bonds is 5. The molecule has 1 aromatic carbocycles. The average Bonchev–Trinajstić information content (AvgIpc) is 2.97. The van der Waals surface area contributed by atoms with Gasteiger partial charge in [0, 0.05) is 38.3 Å². The number of piperidine rings is 1. The molecule has 0 saturated carbocycles. The number of nitrogens with zero attached hydrogens (tertiary/aromatic N) is 3. The van der Waals surface area contributed by atoms with Crippen molar-refractivity contribution in [2.75, 3.05) is 37.6 Å². The predicted octanol–water partition coefficient (Wildman–Crippen LogP) is 1.26. The molecule has 4 rings (SSSR count). The number of hydrogen-bond acceptors (Lipinski definition) is 6. The highest BCUT2D eigenvalue weighted by Crippen LogP contribution is 2.31. The summed E-state index contributed by atoms with van der Waals surface area (Å²) in [6, 6.07) is 4.40. The van der Waals surface area contributed by atoms with Crippen molar-refractivity contribution in [1.82, 2.24) is 15.1 Å². The molecule has 1 atom stereocenters. The van der Waals surface area contributed by atoms with Gasteiger partial charge in [0.2, 0.25) is 11.8 Å². The first-order valence-electron chi connectivity index (χ1n) is 10.7. The Kier molecular flexibility index (Phi) is 5.60. The molecule has 1 N–H and O–H groups in total. The van der Waals surface area contributed by atoms with Crippen LogP contribution in [0.15, 0.2) is 18.2 Å². The van der Waals surface area contributed by atoms with Crippen LogP contribution >= 0.6 is 0 Å². The zero-order valence-corrected chi connectivity index (χ0v) is 17.5. The molecule has 160 valence electrons. The number of nitrogens with one attached hydrogen (secondary N) is 1. The minimum Gasteiger partial charge on any atom is -0.369 e. The summed E-state index contributed by atoms with van der Waals surface area (Å²) >= 11 is 0. The second-order valence-corrected chi connectivity index (χ2v) is 8.69. The van der Waals surface area contributed by atoms with E-state index in [0.29, 0.717) is 17.0 Å². The van der Waals surface area contributed by atoms with E-state index in [2.05, 4.69) is 29.0 Å². The maximum Gasteiger partial charge on any atom is 0.262 e. The van der Waals surface area contributed by atoms with Crippen LogP contribution in [0.25, 0.3) is 0 Å². The molecule has 0 radical (unpaired) electrons. The fourth-order valence-corrected chi connectivity index (χ4v) is 4.33. The monoisotopic (exact) mass is 412 g/mol. The van der Waals surface area contributed by atoms with Gasteiger partial charge in [0.1, 0.15) is 6.04 Å².